The van der Waals surface area contributed by atoms with Gasteiger partial charge in [0.25, 0.3) is 0 Å². The maximum absolute atomic E-state index is 5.30. The lowest BCUT2D eigenvalue weighted by Gasteiger charge is -2.07. The van der Waals surface area contributed by atoms with E-state index in [9.17, 15) is 0 Å². The lowest BCUT2D eigenvalue weighted by molar-refractivity contribution is 0.418. The second kappa shape index (κ2) is 3.29. The monoisotopic (exact) mass is 187 g/mol. The summed E-state index contributed by atoms with van der Waals surface area (Å²) in [6.07, 6.45) is 1.82. The molecular formula is C12H13NO. The van der Waals surface area contributed by atoms with Crippen molar-refractivity contribution in [1.29, 1.82) is 0 Å². The Hall–Kier alpha value is -1.57. The number of methoxy groups -OCH3 is 1. The normalized spacial score (nSPS) is 10.5. The summed E-state index contributed by atoms with van der Waals surface area (Å²) in [7, 11) is 1.68. The van der Waals surface area contributed by atoms with Crippen LogP contribution in [0.3, 0.4) is 0 Å². The SMILES string of the molecule is COc1cc(C)cc2c(C)ccnc12. The summed E-state index contributed by atoms with van der Waals surface area (Å²) in [6.45, 7) is 4.15. The summed E-state index contributed by atoms with van der Waals surface area (Å²) in [4.78, 5) is 4.33. The predicted molar refractivity (Wildman–Crippen MR) is 57.8 cm³/mol. The van der Waals surface area contributed by atoms with Gasteiger partial charge in [-0.1, -0.05) is 0 Å². The van der Waals surface area contributed by atoms with Crippen LogP contribution in [0, 0.1) is 13.8 Å². The molecular weight excluding hydrogens is 174 g/mol. The molecule has 2 rings (SSSR count). The molecule has 0 saturated carbocycles. The molecule has 0 radical (unpaired) electrons. The van der Waals surface area contributed by atoms with Crippen LogP contribution in [0.4, 0.5) is 0 Å². The molecule has 1 aromatic heterocycles. The fourth-order valence-corrected chi connectivity index (χ4v) is 1.65. The fourth-order valence-electron chi connectivity index (χ4n) is 1.65. The van der Waals surface area contributed by atoms with Crippen LogP contribution in [0.1, 0.15) is 11.1 Å². The molecule has 14 heavy (non-hydrogen) atoms. The molecule has 0 bridgehead atoms. The highest BCUT2D eigenvalue weighted by Gasteiger charge is 2.05. The third-order valence-electron chi connectivity index (χ3n) is 2.39. The van der Waals surface area contributed by atoms with Crippen LogP contribution >= 0.6 is 0 Å². The Bertz CT molecular complexity index is 477. The number of hydrogen-bond acceptors (Lipinski definition) is 2. The van der Waals surface area contributed by atoms with Crippen LogP contribution < -0.4 is 4.74 Å². The van der Waals surface area contributed by atoms with E-state index in [1.54, 1.807) is 7.11 Å². The number of ether oxygens (including phenoxy) is 1. The minimum absolute atomic E-state index is 0.851. The van der Waals surface area contributed by atoms with Crippen LogP contribution in [0.2, 0.25) is 0 Å². The largest absolute Gasteiger partial charge is 0.494 e. The molecule has 0 aliphatic carbocycles. The quantitative estimate of drug-likeness (QED) is 0.684. The van der Waals surface area contributed by atoms with E-state index >= 15 is 0 Å². The van der Waals surface area contributed by atoms with Crippen LogP contribution in [0.15, 0.2) is 24.4 Å². The molecule has 0 N–H and O–H groups in total. The van der Waals surface area contributed by atoms with E-state index in [-0.39, 0.29) is 0 Å². The van der Waals surface area contributed by atoms with Crippen molar-refractivity contribution in [2.45, 2.75) is 13.8 Å². The molecule has 0 unspecified atom stereocenters. The fraction of sp³-hybridized carbons (Fsp3) is 0.250. The molecule has 2 heteroatoms. The lowest BCUT2D eigenvalue weighted by Crippen LogP contribution is -1.90. The number of nitrogens with zero attached hydrogens (tertiary/aromatic N) is 1. The molecule has 1 aromatic carbocycles. The van der Waals surface area contributed by atoms with E-state index in [0.717, 1.165) is 11.3 Å². The van der Waals surface area contributed by atoms with Gasteiger partial charge in [-0.05, 0) is 43.2 Å². The van der Waals surface area contributed by atoms with Crippen LogP contribution in [-0.4, -0.2) is 12.1 Å². The van der Waals surface area contributed by atoms with E-state index in [1.807, 2.05) is 18.3 Å². The Labute approximate surface area is 83.5 Å². The number of fused-ring (bicyclic) bond motifs is 1. The second-order valence-corrected chi connectivity index (χ2v) is 3.49. The van der Waals surface area contributed by atoms with Gasteiger partial charge in [0, 0.05) is 11.6 Å². The van der Waals surface area contributed by atoms with Gasteiger partial charge < -0.3 is 4.74 Å². The minimum Gasteiger partial charge on any atom is -0.494 e. The first kappa shape index (κ1) is 9.00. The Morgan fingerprint density at radius 3 is 2.71 bits per heavy atom. The number of hydrogen-bond donors (Lipinski definition) is 0. The van der Waals surface area contributed by atoms with Crippen molar-refractivity contribution in [1.82, 2.24) is 4.98 Å². The zero-order valence-electron chi connectivity index (χ0n) is 8.66. The third kappa shape index (κ3) is 1.33. The molecule has 2 nitrogen and oxygen atoms in total. The molecule has 0 saturated heterocycles. The Kier molecular flexibility index (Phi) is 2.12. The van der Waals surface area contributed by atoms with Crippen LogP contribution in [0.5, 0.6) is 5.75 Å². The molecule has 0 fully saturated rings. The lowest BCUT2D eigenvalue weighted by atomic mass is 10.1. The van der Waals surface area contributed by atoms with Gasteiger partial charge in [-0.3, -0.25) is 4.98 Å². The number of pyridine rings is 1. The topological polar surface area (TPSA) is 22.1 Å². The first-order valence-electron chi connectivity index (χ1n) is 4.62. The predicted octanol–water partition coefficient (Wildman–Crippen LogP) is 2.86. The molecule has 0 amide bonds. The zero-order chi connectivity index (χ0) is 10.1. The molecule has 2 aromatic rings. The molecule has 0 aliphatic rings. The molecule has 0 atom stereocenters. The summed E-state index contributed by atoms with van der Waals surface area (Å²) in [6, 6.07) is 6.16. The number of rotatable bonds is 1. The highest BCUT2D eigenvalue weighted by molar-refractivity contribution is 5.87. The van der Waals surface area contributed by atoms with Gasteiger partial charge >= 0.3 is 0 Å². The minimum atomic E-state index is 0.851. The third-order valence-corrected chi connectivity index (χ3v) is 2.39. The second-order valence-electron chi connectivity index (χ2n) is 3.49. The highest BCUT2D eigenvalue weighted by Crippen LogP contribution is 2.27. The first-order valence-corrected chi connectivity index (χ1v) is 4.62. The van der Waals surface area contributed by atoms with Crippen molar-refractivity contribution in [3.05, 3.63) is 35.5 Å². The van der Waals surface area contributed by atoms with Crippen molar-refractivity contribution in [3.63, 3.8) is 0 Å². The number of aromatic nitrogens is 1. The molecule has 0 aliphatic heterocycles. The van der Waals surface area contributed by atoms with Gasteiger partial charge in [0.15, 0.2) is 0 Å². The summed E-state index contributed by atoms with van der Waals surface area (Å²) in [5.41, 5.74) is 3.38. The zero-order valence-corrected chi connectivity index (χ0v) is 8.66. The number of benzene rings is 1. The van der Waals surface area contributed by atoms with Crippen molar-refractivity contribution in [3.8, 4) is 5.75 Å². The first-order chi connectivity index (χ1) is 6.72. The maximum atomic E-state index is 5.30. The maximum Gasteiger partial charge on any atom is 0.145 e. The van der Waals surface area contributed by atoms with Crippen molar-refractivity contribution in [2.75, 3.05) is 7.11 Å². The Balaban J connectivity index is 2.87. The molecule has 0 spiro atoms. The van der Waals surface area contributed by atoms with Gasteiger partial charge in [-0.25, -0.2) is 0 Å². The average Bonchev–Trinajstić information content (AvgIpc) is 2.18. The summed E-state index contributed by atoms with van der Waals surface area (Å²) in [5, 5.41) is 1.17. The van der Waals surface area contributed by atoms with Crippen molar-refractivity contribution >= 4 is 10.9 Å². The van der Waals surface area contributed by atoms with Gasteiger partial charge in [-0.2, -0.15) is 0 Å². The summed E-state index contributed by atoms with van der Waals surface area (Å²) >= 11 is 0. The van der Waals surface area contributed by atoms with Gasteiger partial charge in [0.2, 0.25) is 0 Å². The van der Waals surface area contributed by atoms with E-state index in [0.29, 0.717) is 0 Å². The molecule has 72 valence electrons. The van der Waals surface area contributed by atoms with Gasteiger partial charge in [0.1, 0.15) is 11.3 Å². The molecule has 1 heterocycles. The average molecular weight is 187 g/mol. The smallest absolute Gasteiger partial charge is 0.145 e. The summed E-state index contributed by atoms with van der Waals surface area (Å²) in [5.74, 6) is 0.851. The van der Waals surface area contributed by atoms with E-state index < -0.39 is 0 Å². The highest BCUT2D eigenvalue weighted by atomic mass is 16.5. The Morgan fingerprint density at radius 1 is 1.21 bits per heavy atom. The van der Waals surface area contributed by atoms with Crippen molar-refractivity contribution in [2.24, 2.45) is 0 Å². The summed E-state index contributed by atoms with van der Waals surface area (Å²) < 4.78 is 5.30. The Morgan fingerprint density at radius 2 is 2.00 bits per heavy atom. The van der Waals surface area contributed by atoms with E-state index in [1.165, 1.54) is 16.5 Å². The standard InChI is InChI=1S/C12H13NO/c1-8-6-10-9(2)4-5-13-12(10)11(7-8)14-3/h4-7H,1-3H3. The van der Waals surface area contributed by atoms with E-state index in [2.05, 4.69) is 24.9 Å². The van der Waals surface area contributed by atoms with Gasteiger partial charge in [0.05, 0.1) is 7.11 Å². The number of aryl methyl sites for hydroxylation is 2. The van der Waals surface area contributed by atoms with Gasteiger partial charge in [-0.15, -0.1) is 0 Å². The van der Waals surface area contributed by atoms with Crippen LogP contribution in [-0.2, 0) is 0 Å². The van der Waals surface area contributed by atoms with Crippen LogP contribution in [0.25, 0.3) is 10.9 Å². The van der Waals surface area contributed by atoms with Crippen molar-refractivity contribution < 1.29 is 4.74 Å². The van der Waals surface area contributed by atoms with E-state index in [4.69, 9.17) is 4.74 Å².